The second-order valence-corrected chi connectivity index (χ2v) is 8.49. The van der Waals surface area contributed by atoms with Crippen LogP contribution in [0.5, 0.6) is 0 Å². The highest BCUT2D eigenvalue weighted by molar-refractivity contribution is 5.63. The van der Waals surface area contributed by atoms with Crippen molar-refractivity contribution in [2.24, 2.45) is 5.92 Å². The van der Waals surface area contributed by atoms with Gasteiger partial charge in [-0.2, -0.15) is 0 Å². The van der Waals surface area contributed by atoms with Gasteiger partial charge in [-0.25, -0.2) is 0 Å². The standard InChI is InChI=1S/C21H36N4/c1-16(2)13-18-15-21(17(3)14-20(18)22)25-7-5-19(6-8-25)24-11-9-23(4)10-12-24/h14-16,19H,5-13,22H2,1-4H3. The van der Waals surface area contributed by atoms with Gasteiger partial charge in [0, 0.05) is 56.7 Å². The Balaban J connectivity index is 1.64. The van der Waals surface area contributed by atoms with Gasteiger partial charge in [0.05, 0.1) is 0 Å². The number of aryl methyl sites for hydroxylation is 1. The minimum absolute atomic E-state index is 0.640. The van der Waals surface area contributed by atoms with Crippen LogP contribution in [-0.2, 0) is 6.42 Å². The molecule has 2 saturated heterocycles. The number of anilines is 2. The van der Waals surface area contributed by atoms with Gasteiger partial charge in [-0.1, -0.05) is 13.8 Å². The first kappa shape index (κ1) is 18.5. The number of nitrogen functional groups attached to an aromatic ring is 1. The van der Waals surface area contributed by atoms with Crippen molar-refractivity contribution < 1.29 is 0 Å². The SMILES string of the molecule is Cc1cc(N)c(CC(C)C)cc1N1CCC(N2CCN(C)CC2)CC1. The molecule has 2 heterocycles. The van der Waals surface area contributed by atoms with Gasteiger partial charge < -0.3 is 15.5 Å². The Morgan fingerprint density at radius 2 is 1.68 bits per heavy atom. The van der Waals surface area contributed by atoms with E-state index in [2.05, 4.69) is 54.7 Å². The summed E-state index contributed by atoms with van der Waals surface area (Å²) < 4.78 is 0. The van der Waals surface area contributed by atoms with E-state index in [4.69, 9.17) is 5.73 Å². The lowest BCUT2D eigenvalue weighted by molar-refractivity contribution is 0.0982. The summed E-state index contributed by atoms with van der Waals surface area (Å²) in [4.78, 5) is 7.75. The second kappa shape index (κ2) is 7.96. The number of piperazine rings is 1. The van der Waals surface area contributed by atoms with Crippen molar-refractivity contribution in [3.8, 4) is 0 Å². The van der Waals surface area contributed by atoms with E-state index in [9.17, 15) is 0 Å². The summed E-state index contributed by atoms with van der Waals surface area (Å²) in [6, 6.07) is 5.31. The predicted molar refractivity (Wildman–Crippen MR) is 108 cm³/mol. The fourth-order valence-electron chi connectivity index (χ4n) is 4.38. The molecule has 2 N–H and O–H groups in total. The molecule has 0 radical (unpaired) electrons. The van der Waals surface area contributed by atoms with Crippen LogP contribution < -0.4 is 10.6 Å². The molecule has 0 aromatic heterocycles. The Morgan fingerprint density at radius 3 is 2.28 bits per heavy atom. The van der Waals surface area contributed by atoms with Gasteiger partial charge in [-0.3, -0.25) is 4.90 Å². The summed E-state index contributed by atoms with van der Waals surface area (Å²) in [5, 5.41) is 0. The maximum Gasteiger partial charge on any atom is 0.0400 e. The molecule has 3 rings (SSSR count). The maximum atomic E-state index is 6.27. The first-order chi connectivity index (χ1) is 11.9. The van der Waals surface area contributed by atoms with Crippen molar-refractivity contribution in [1.82, 2.24) is 9.80 Å². The fraction of sp³-hybridized carbons (Fsp3) is 0.714. The third-order valence-electron chi connectivity index (χ3n) is 5.95. The van der Waals surface area contributed by atoms with Gasteiger partial charge >= 0.3 is 0 Å². The number of piperidine rings is 1. The zero-order valence-electron chi connectivity index (χ0n) is 16.6. The topological polar surface area (TPSA) is 35.7 Å². The van der Waals surface area contributed by atoms with E-state index in [-0.39, 0.29) is 0 Å². The average molecular weight is 345 g/mol. The molecule has 0 amide bonds. The van der Waals surface area contributed by atoms with E-state index in [1.54, 1.807) is 0 Å². The summed E-state index contributed by atoms with van der Waals surface area (Å²) >= 11 is 0. The number of rotatable bonds is 4. The number of hydrogen-bond donors (Lipinski definition) is 1. The first-order valence-corrected chi connectivity index (χ1v) is 10.0. The molecule has 0 unspecified atom stereocenters. The van der Waals surface area contributed by atoms with Crippen molar-refractivity contribution in [3.05, 3.63) is 23.3 Å². The van der Waals surface area contributed by atoms with Gasteiger partial charge in [0.15, 0.2) is 0 Å². The number of hydrogen-bond acceptors (Lipinski definition) is 4. The number of benzene rings is 1. The van der Waals surface area contributed by atoms with Crippen LogP contribution in [0.1, 0.15) is 37.8 Å². The molecule has 4 nitrogen and oxygen atoms in total. The third-order valence-corrected chi connectivity index (χ3v) is 5.95. The van der Waals surface area contributed by atoms with Crippen LogP contribution in [0.2, 0.25) is 0 Å². The van der Waals surface area contributed by atoms with Gasteiger partial charge in [0.1, 0.15) is 0 Å². The van der Waals surface area contributed by atoms with Crippen LogP contribution in [-0.4, -0.2) is 62.2 Å². The van der Waals surface area contributed by atoms with E-state index >= 15 is 0 Å². The predicted octanol–water partition coefficient (Wildman–Crippen LogP) is 2.99. The average Bonchev–Trinajstić information content (AvgIpc) is 2.58. The van der Waals surface area contributed by atoms with Crippen LogP contribution >= 0.6 is 0 Å². The highest BCUT2D eigenvalue weighted by Crippen LogP contribution is 2.30. The summed E-state index contributed by atoms with van der Waals surface area (Å²) in [6.45, 7) is 14.0. The lowest BCUT2D eigenvalue weighted by Gasteiger charge is -2.43. The molecule has 25 heavy (non-hydrogen) atoms. The molecule has 2 fully saturated rings. The smallest absolute Gasteiger partial charge is 0.0400 e. The van der Waals surface area contributed by atoms with Crippen LogP contribution in [0.25, 0.3) is 0 Å². The van der Waals surface area contributed by atoms with Crippen LogP contribution in [0.3, 0.4) is 0 Å². The minimum Gasteiger partial charge on any atom is -0.398 e. The Morgan fingerprint density at radius 1 is 1.04 bits per heavy atom. The molecule has 1 aromatic carbocycles. The largest absolute Gasteiger partial charge is 0.398 e. The van der Waals surface area contributed by atoms with Gasteiger partial charge in [0.2, 0.25) is 0 Å². The molecule has 2 aliphatic heterocycles. The minimum atomic E-state index is 0.640. The molecule has 0 atom stereocenters. The van der Waals surface area contributed by atoms with Crippen molar-refractivity contribution >= 4 is 11.4 Å². The Kier molecular flexibility index (Phi) is 5.90. The molecule has 0 saturated carbocycles. The van der Waals surface area contributed by atoms with Crippen molar-refractivity contribution in [1.29, 1.82) is 0 Å². The van der Waals surface area contributed by atoms with Gasteiger partial charge in [-0.05, 0) is 62.4 Å². The van der Waals surface area contributed by atoms with Crippen LogP contribution in [0, 0.1) is 12.8 Å². The summed E-state index contributed by atoms with van der Waals surface area (Å²) in [5.74, 6) is 0.640. The lowest BCUT2D eigenvalue weighted by atomic mass is 9.96. The molecule has 1 aromatic rings. The number of nitrogens with two attached hydrogens (primary N) is 1. The molecule has 0 aliphatic carbocycles. The van der Waals surface area contributed by atoms with Crippen molar-refractivity contribution in [3.63, 3.8) is 0 Å². The summed E-state index contributed by atoms with van der Waals surface area (Å²) in [6.07, 6.45) is 3.64. The molecule has 2 aliphatic rings. The highest BCUT2D eigenvalue weighted by atomic mass is 15.3. The van der Waals surface area contributed by atoms with Crippen molar-refractivity contribution in [2.75, 3.05) is 56.9 Å². The maximum absolute atomic E-state index is 6.27. The molecule has 140 valence electrons. The Labute approximate surface area is 154 Å². The zero-order chi connectivity index (χ0) is 18.0. The molecule has 0 bridgehead atoms. The zero-order valence-corrected chi connectivity index (χ0v) is 16.6. The van der Waals surface area contributed by atoms with Crippen molar-refractivity contribution in [2.45, 2.75) is 46.1 Å². The Bertz CT molecular complexity index is 568. The quantitative estimate of drug-likeness (QED) is 0.852. The fourth-order valence-corrected chi connectivity index (χ4v) is 4.38. The normalized spacial score (nSPS) is 21.2. The summed E-state index contributed by atoms with van der Waals surface area (Å²) in [7, 11) is 2.23. The van der Waals surface area contributed by atoms with E-state index in [0.717, 1.165) is 18.2 Å². The third kappa shape index (κ3) is 4.48. The second-order valence-electron chi connectivity index (χ2n) is 8.49. The van der Waals surface area contributed by atoms with Gasteiger partial charge in [0.25, 0.3) is 0 Å². The molecular weight excluding hydrogens is 308 g/mol. The van der Waals surface area contributed by atoms with E-state index in [0.29, 0.717) is 5.92 Å². The lowest BCUT2D eigenvalue weighted by Crippen LogP contribution is -2.52. The van der Waals surface area contributed by atoms with E-state index < -0.39 is 0 Å². The molecule has 4 heteroatoms. The number of nitrogens with zero attached hydrogens (tertiary/aromatic N) is 3. The highest BCUT2D eigenvalue weighted by Gasteiger charge is 2.27. The van der Waals surface area contributed by atoms with E-state index in [1.807, 2.05) is 0 Å². The van der Waals surface area contributed by atoms with Crippen LogP contribution in [0.15, 0.2) is 12.1 Å². The summed E-state index contributed by atoms with van der Waals surface area (Å²) in [5.41, 5.74) is 11.3. The molecular formula is C21H36N4. The van der Waals surface area contributed by atoms with E-state index in [1.165, 1.54) is 68.9 Å². The first-order valence-electron chi connectivity index (χ1n) is 10.0. The number of likely N-dealkylation sites (N-methyl/N-ethyl adjacent to an activating group) is 1. The Hall–Kier alpha value is -1.26. The van der Waals surface area contributed by atoms with Gasteiger partial charge in [-0.15, -0.1) is 0 Å². The molecule has 0 spiro atoms. The van der Waals surface area contributed by atoms with Crippen LogP contribution in [0.4, 0.5) is 11.4 Å². The monoisotopic (exact) mass is 344 g/mol.